The largest absolute Gasteiger partial charge is 0.370 e. The number of carbonyl (C=O) groups excluding carboxylic acids is 1. The van der Waals surface area contributed by atoms with Gasteiger partial charge in [0.2, 0.25) is 5.91 Å². The number of benzene rings is 1. The molecule has 0 aliphatic heterocycles. The van der Waals surface area contributed by atoms with Crippen molar-refractivity contribution in [2.24, 2.45) is 10.7 Å². The quantitative estimate of drug-likeness (QED) is 0.315. The van der Waals surface area contributed by atoms with Crippen molar-refractivity contribution in [1.82, 2.24) is 10.6 Å². The molecular weight excluding hydrogens is 474 g/mol. The van der Waals surface area contributed by atoms with Crippen LogP contribution in [0.4, 0.5) is 0 Å². The SMILES string of the molecule is CC(NC(N)=NCCC(=O)NC1CCCC1)c1ccc(Cl)cc1Cl.I. The highest BCUT2D eigenvalue weighted by molar-refractivity contribution is 14.0. The van der Waals surface area contributed by atoms with E-state index >= 15 is 0 Å². The molecule has 8 heteroatoms. The van der Waals surface area contributed by atoms with Crippen LogP contribution in [0.15, 0.2) is 23.2 Å². The molecule has 1 aliphatic rings. The van der Waals surface area contributed by atoms with Gasteiger partial charge in [-0.05, 0) is 37.5 Å². The summed E-state index contributed by atoms with van der Waals surface area (Å²) < 4.78 is 0. The second kappa shape index (κ2) is 11.1. The van der Waals surface area contributed by atoms with Gasteiger partial charge in [-0.15, -0.1) is 24.0 Å². The minimum Gasteiger partial charge on any atom is -0.370 e. The summed E-state index contributed by atoms with van der Waals surface area (Å²) in [6.45, 7) is 2.29. The number of amides is 1. The summed E-state index contributed by atoms with van der Waals surface area (Å²) in [7, 11) is 0. The molecule has 2 rings (SSSR count). The van der Waals surface area contributed by atoms with Crippen LogP contribution >= 0.6 is 47.2 Å². The first-order chi connectivity index (χ1) is 11.5. The third-order valence-electron chi connectivity index (χ3n) is 4.13. The van der Waals surface area contributed by atoms with Gasteiger partial charge in [-0.3, -0.25) is 9.79 Å². The highest BCUT2D eigenvalue weighted by atomic mass is 127. The number of hydrogen-bond donors (Lipinski definition) is 3. The van der Waals surface area contributed by atoms with E-state index in [0.29, 0.717) is 35.0 Å². The highest BCUT2D eigenvalue weighted by Crippen LogP contribution is 2.25. The Morgan fingerprint density at radius 2 is 2.04 bits per heavy atom. The molecule has 4 N–H and O–H groups in total. The van der Waals surface area contributed by atoms with Gasteiger partial charge in [-0.25, -0.2) is 0 Å². The first-order valence-electron chi connectivity index (χ1n) is 8.26. The summed E-state index contributed by atoms with van der Waals surface area (Å²) in [6.07, 6.45) is 4.90. The number of nitrogens with one attached hydrogen (secondary N) is 2. The average molecular weight is 499 g/mol. The fourth-order valence-corrected chi connectivity index (χ4v) is 3.42. The number of rotatable bonds is 6. The van der Waals surface area contributed by atoms with E-state index in [-0.39, 0.29) is 35.9 Å². The van der Waals surface area contributed by atoms with Gasteiger partial charge in [-0.2, -0.15) is 0 Å². The van der Waals surface area contributed by atoms with E-state index in [1.54, 1.807) is 12.1 Å². The van der Waals surface area contributed by atoms with E-state index in [1.807, 2.05) is 13.0 Å². The van der Waals surface area contributed by atoms with Gasteiger partial charge in [0.1, 0.15) is 0 Å². The number of halogens is 3. The van der Waals surface area contributed by atoms with Crippen LogP contribution in [0.25, 0.3) is 0 Å². The summed E-state index contributed by atoms with van der Waals surface area (Å²) in [4.78, 5) is 16.0. The number of nitrogens with two attached hydrogens (primary N) is 1. The molecule has 25 heavy (non-hydrogen) atoms. The topological polar surface area (TPSA) is 79.5 Å². The summed E-state index contributed by atoms with van der Waals surface area (Å²) in [6, 6.07) is 5.55. The molecule has 1 atom stereocenters. The Balaban J connectivity index is 0.00000312. The fraction of sp³-hybridized carbons (Fsp3) is 0.529. The Morgan fingerprint density at radius 1 is 1.36 bits per heavy atom. The smallest absolute Gasteiger partial charge is 0.222 e. The van der Waals surface area contributed by atoms with Gasteiger partial charge in [-0.1, -0.05) is 42.1 Å². The molecule has 140 valence electrons. The molecule has 1 aliphatic carbocycles. The van der Waals surface area contributed by atoms with E-state index < -0.39 is 0 Å². The minimum absolute atomic E-state index is 0. The normalized spacial score (nSPS) is 16.2. The zero-order valence-electron chi connectivity index (χ0n) is 14.2. The first kappa shape index (κ1) is 22.3. The van der Waals surface area contributed by atoms with Gasteiger partial charge in [0, 0.05) is 22.5 Å². The van der Waals surface area contributed by atoms with E-state index in [2.05, 4.69) is 15.6 Å². The minimum atomic E-state index is -0.106. The van der Waals surface area contributed by atoms with Crippen molar-refractivity contribution in [1.29, 1.82) is 0 Å². The van der Waals surface area contributed by atoms with Gasteiger partial charge >= 0.3 is 0 Å². The number of carbonyl (C=O) groups is 1. The lowest BCUT2D eigenvalue weighted by Gasteiger charge is -2.16. The monoisotopic (exact) mass is 498 g/mol. The van der Waals surface area contributed by atoms with Crippen molar-refractivity contribution in [3.8, 4) is 0 Å². The van der Waals surface area contributed by atoms with Gasteiger partial charge in [0.15, 0.2) is 5.96 Å². The predicted molar refractivity (Wildman–Crippen MR) is 115 cm³/mol. The number of aliphatic imine (C=N–C) groups is 1. The number of nitrogens with zero attached hydrogens (tertiary/aromatic N) is 1. The molecule has 1 amide bonds. The van der Waals surface area contributed by atoms with Crippen LogP contribution in [0.2, 0.25) is 10.0 Å². The summed E-state index contributed by atoms with van der Waals surface area (Å²) >= 11 is 12.1. The predicted octanol–water partition coefficient (Wildman–Crippen LogP) is 4.03. The molecule has 0 aromatic heterocycles. The first-order valence-corrected chi connectivity index (χ1v) is 9.02. The fourth-order valence-electron chi connectivity index (χ4n) is 2.85. The highest BCUT2D eigenvalue weighted by Gasteiger charge is 2.16. The maximum atomic E-state index is 11.8. The van der Waals surface area contributed by atoms with E-state index in [0.717, 1.165) is 18.4 Å². The zero-order valence-corrected chi connectivity index (χ0v) is 18.1. The molecule has 1 aromatic carbocycles. The Morgan fingerprint density at radius 3 is 2.68 bits per heavy atom. The van der Waals surface area contributed by atoms with Crippen LogP contribution < -0.4 is 16.4 Å². The van der Waals surface area contributed by atoms with Gasteiger partial charge in [0.05, 0.1) is 12.6 Å². The van der Waals surface area contributed by atoms with Crippen LogP contribution in [0.3, 0.4) is 0 Å². The molecule has 1 fully saturated rings. The lowest BCUT2D eigenvalue weighted by Crippen LogP contribution is -2.35. The van der Waals surface area contributed by atoms with Crippen LogP contribution in [-0.4, -0.2) is 24.5 Å². The third kappa shape index (κ3) is 7.58. The second-order valence-corrected chi connectivity index (χ2v) is 6.94. The van der Waals surface area contributed by atoms with Crippen LogP contribution in [-0.2, 0) is 4.79 Å². The standard InChI is InChI=1S/C17H24Cl2N4O.HI/c1-11(14-7-6-12(18)10-15(14)19)22-17(20)21-9-8-16(24)23-13-4-2-3-5-13;/h6-7,10-11,13H,2-5,8-9H2,1H3,(H,23,24)(H3,20,21,22);1H. The summed E-state index contributed by atoms with van der Waals surface area (Å²) in [5.74, 6) is 0.328. The molecule has 0 saturated heterocycles. The van der Waals surface area contributed by atoms with E-state index in [4.69, 9.17) is 28.9 Å². The van der Waals surface area contributed by atoms with Gasteiger partial charge < -0.3 is 16.4 Å². The lowest BCUT2D eigenvalue weighted by molar-refractivity contribution is -0.121. The summed E-state index contributed by atoms with van der Waals surface area (Å²) in [5.41, 5.74) is 6.77. The Bertz CT molecular complexity index is 606. The molecule has 1 unspecified atom stereocenters. The number of guanidine groups is 1. The third-order valence-corrected chi connectivity index (χ3v) is 4.70. The maximum Gasteiger partial charge on any atom is 0.222 e. The zero-order chi connectivity index (χ0) is 17.5. The molecule has 0 spiro atoms. The van der Waals surface area contributed by atoms with E-state index in [1.165, 1.54) is 12.8 Å². The van der Waals surface area contributed by atoms with Crippen molar-refractivity contribution in [3.05, 3.63) is 33.8 Å². The molecular formula is C17H25Cl2IN4O. The Hall–Kier alpha value is -0.730. The molecule has 0 radical (unpaired) electrons. The Kier molecular flexibility index (Phi) is 9.89. The van der Waals surface area contributed by atoms with Crippen LogP contribution in [0, 0.1) is 0 Å². The molecule has 1 saturated carbocycles. The van der Waals surface area contributed by atoms with E-state index in [9.17, 15) is 4.79 Å². The molecule has 0 bridgehead atoms. The summed E-state index contributed by atoms with van der Waals surface area (Å²) in [5, 5.41) is 7.27. The van der Waals surface area contributed by atoms with Crippen LogP contribution in [0.1, 0.15) is 50.6 Å². The van der Waals surface area contributed by atoms with Crippen LogP contribution in [0.5, 0.6) is 0 Å². The number of hydrogen-bond acceptors (Lipinski definition) is 2. The molecule has 0 heterocycles. The lowest BCUT2D eigenvalue weighted by atomic mass is 10.1. The van der Waals surface area contributed by atoms with Crippen molar-refractivity contribution in [2.45, 2.75) is 51.1 Å². The Labute approximate surface area is 176 Å². The van der Waals surface area contributed by atoms with Crippen molar-refractivity contribution < 1.29 is 4.79 Å². The second-order valence-electron chi connectivity index (χ2n) is 6.10. The maximum absolute atomic E-state index is 11.8. The van der Waals surface area contributed by atoms with Gasteiger partial charge in [0.25, 0.3) is 0 Å². The average Bonchev–Trinajstić information content (AvgIpc) is 2.99. The van der Waals surface area contributed by atoms with Crippen molar-refractivity contribution >= 4 is 59.0 Å². The molecule has 1 aromatic rings. The van der Waals surface area contributed by atoms with Crippen molar-refractivity contribution in [3.63, 3.8) is 0 Å². The molecule has 5 nitrogen and oxygen atoms in total. The van der Waals surface area contributed by atoms with Crippen molar-refractivity contribution in [2.75, 3.05) is 6.54 Å².